The maximum absolute atomic E-state index is 11.9. The van der Waals surface area contributed by atoms with E-state index in [1.54, 1.807) is 12.1 Å². The molecule has 0 radical (unpaired) electrons. The smallest absolute Gasteiger partial charge is 0.329 e. The number of aryl methyl sites for hydroxylation is 1. The van der Waals surface area contributed by atoms with Crippen molar-refractivity contribution in [3.8, 4) is 23.1 Å². The van der Waals surface area contributed by atoms with E-state index in [0.29, 0.717) is 17.9 Å². The Morgan fingerprint density at radius 1 is 1.18 bits per heavy atom. The van der Waals surface area contributed by atoms with E-state index in [4.69, 9.17) is 4.74 Å². The highest BCUT2D eigenvalue weighted by molar-refractivity contribution is 6.19. The highest BCUT2D eigenvalue weighted by Crippen LogP contribution is 2.35. The lowest BCUT2D eigenvalue weighted by Gasteiger charge is -2.13. The topological polar surface area (TPSA) is 87.4 Å². The fourth-order valence-electron chi connectivity index (χ4n) is 3.58. The van der Waals surface area contributed by atoms with Crippen molar-refractivity contribution >= 4 is 28.5 Å². The lowest BCUT2D eigenvalue weighted by molar-refractivity contribution is -0.115. The van der Waals surface area contributed by atoms with Gasteiger partial charge in [-0.25, -0.2) is 9.69 Å². The van der Waals surface area contributed by atoms with Gasteiger partial charge in [0.15, 0.2) is 0 Å². The molecule has 0 aliphatic carbocycles. The van der Waals surface area contributed by atoms with Crippen LogP contribution in [0, 0.1) is 11.3 Å². The molecule has 0 atom stereocenters. The summed E-state index contributed by atoms with van der Waals surface area (Å²) in [6.45, 7) is 2.50. The number of hydrogen-bond acceptors (Lipinski definition) is 4. The van der Waals surface area contributed by atoms with E-state index in [9.17, 15) is 14.9 Å². The van der Waals surface area contributed by atoms with Crippen LogP contribution in [-0.4, -0.2) is 29.7 Å². The predicted molar refractivity (Wildman–Crippen MR) is 105 cm³/mol. The van der Waals surface area contributed by atoms with Crippen molar-refractivity contribution in [3.05, 3.63) is 48.0 Å². The summed E-state index contributed by atoms with van der Waals surface area (Å²) < 4.78 is 7.54. The summed E-state index contributed by atoms with van der Waals surface area (Å²) in [7, 11) is 1.90. The zero-order chi connectivity index (χ0) is 19.8. The number of nitrogens with zero attached hydrogens (tertiary/aromatic N) is 3. The van der Waals surface area contributed by atoms with E-state index >= 15 is 0 Å². The van der Waals surface area contributed by atoms with Crippen LogP contribution in [0.5, 0.6) is 5.75 Å². The van der Waals surface area contributed by atoms with E-state index in [2.05, 4.69) is 11.4 Å². The fraction of sp³-hybridized carbons (Fsp3) is 0.190. The minimum Gasteiger partial charge on any atom is -0.494 e. The molecule has 1 saturated heterocycles. The molecule has 1 aromatic heterocycles. The Labute approximate surface area is 161 Å². The van der Waals surface area contributed by atoms with Gasteiger partial charge in [-0.3, -0.25) is 4.79 Å². The molecular weight excluding hydrogens is 356 g/mol. The molecule has 28 heavy (non-hydrogen) atoms. The van der Waals surface area contributed by atoms with Gasteiger partial charge in [0, 0.05) is 18.5 Å². The number of imide groups is 1. The molecule has 2 heterocycles. The third-order valence-electron chi connectivity index (χ3n) is 4.84. The molecule has 4 rings (SSSR count). The number of rotatable bonds is 4. The minimum absolute atomic E-state index is 0.00449. The van der Waals surface area contributed by atoms with E-state index in [1.807, 2.05) is 48.9 Å². The normalized spacial score (nSPS) is 13.7. The average molecular weight is 374 g/mol. The molecule has 1 aliphatic heterocycles. The molecule has 7 nitrogen and oxygen atoms in total. The molecule has 0 saturated carbocycles. The van der Waals surface area contributed by atoms with E-state index < -0.39 is 6.03 Å². The van der Waals surface area contributed by atoms with Crippen LogP contribution < -0.4 is 15.0 Å². The number of fused-ring (bicyclic) bond motifs is 1. The molecule has 3 amide bonds. The van der Waals surface area contributed by atoms with Crippen LogP contribution in [0.2, 0.25) is 0 Å². The number of anilines is 1. The Morgan fingerprint density at radius 3 is 2.54 bits per heavy atom. The number of urea groups is 1. The predicted octanol–water partition coefficient (Wildman–Crippen LogP) is 3.17. The molecule has 7 heteroatoms. The summed E-state index contributed by atoms with van der Waals surface area (Å²) in [5, 5.41) is 13.1. The van der Waals surface area contributed by atoms with Gasteiger partial charge in [0.25, 0.3) is 5.91 Å². The monoisotopic (exact) mass is 374 g/mol. The first kappa shape index (κ1) is 17.6. The molecular formula is C21H18N4O3. The molecule has 0 bridgehead atoms. The van der Waals surface area contributed by atoms with Gasteiger partial charge in [-0.1, -0.05) is 12.1 Å². The van der Waals surface area contributed by atoms with Crippen LogP contribution in [0.3, 0.4) is 0 Å². The minimum atomic E-state index is -0.427. The molecule has 1 N–H and O–H groups in total. The van der Waals surface area contributed by atoms with Crippen LogP contribution in [0.15, 0.2) is 42.5 Å². The third kappa shape index (κ3) is 2.67. The highest BCUT2D eigenvalue weighted by atomic mass is 16.5. The number of amides is 3. The number of aromatic nitrogens is 1. The second-order valence-electron chi connectivity index (χ2n) is 6.44. The van der Waals surface area contributed by atoms with E-state index in [1.165, 1.54) is 0 Å². The van der Waals surface area contributed by atoms with Crippen molar-refractivity contribution in [1.82, 2.24) is 9.88 Å². The van der Waals surface area contributed by atoms with Crippen molar-refractivity contribution < 1.29 is 14.3 Å². The highest BCUT2D eigenvalue weighted by Gasteiger charge is 2.30. The first-order valence-electron chi connectivity index (χ1n) is 8.91. The van der Waals surface area contributed by atoms with Gasteiger partial charge in [0.1, 0.15) is 11.8 Å². The molecule has 1 fully saturated rings. The van der Waals surface area contributed by atoms with Gasteiger partial charge in [-0.2, -0.15) is 5.26 Å². The number of hydrogen-bond donors (Lipinski definition) is 1. The van der Waals surface area contributed by atoms with Gasteiger partial charge < -0.3 is 14.6 Å². The molecule has 1 aliphatic rings. The first-order valence-corrected chi connectivity index (χ1v) is 8.91. The second-order valence-corrected chi connectivity index (χ2v) is 6.44. The standard InChI is InChI=1S/C21H18N4O3/c1-3-28-15-8-9-16-17(11-22)20(24(2)18(16)10-15)13-4-6-14(7-5-13)25-19(26)12-23-21(25)27/h4-10H,3,12H2,1-2H3,(H,23,27). The first-order chi connectivity index (χ1) is 13.5. The summed E-state index contributed by atoms with van der Waals surface area (Å²) in [4.78, 5) is 24.8. The summed E-state index contributed by atoms with van der Waals surface area (Å²) in [5.41, 5.74) is 3.57. The summed E-state index contributed by atoms with van der Waals surface area (Å²) >= 11 is 0. The number of carbonyl (C=O) groups is 2. The quantitative estimate of drug-likeness (QED) is 0.711. The number of carbonyl (C=O) groups excluding carboxylic acids is 2. The van der Waals surface area contributed by atoms with Crippen LogP contribution in [0.25, 0.3) is 22.2 Å². The fourth-order valence-corrected chi connectivity index (χ4v) is 3.58. The lowest BCUT2D eigenvalue weighted by atomic mass is 10.1. The Balaban J connectivity index is 1.80. The Morgan fingerprint density at radius 2 is 1.93 bits per heavy atom. The molecule has 0 spiro atoms. The number of benzene rings is 2. The summed E-state index contributed by atoms with van der Waals surface area (Å²) in [5.74, 6) is 0.462. The van der Waals surface area contributed by atoms with Crippen LogP contribution in [-0.2, 0) is 11.8 Å². The van der Waals surface area contributed by atoms with Crippen molar-refractivity contribution in [2.75, 3.05) is 18.1 Å². The number of nitrogens with one attached hydrogen (secondary N) is 1. The van der Waals surface area contributed by atoms with Crippen LogP contribution in [0.4, 0.5) is 10.5 Å². The Bertz CT molecular complexity index is 1120. The zero-order valence-electron chi connectivity index (χ0n) is 15.5. The number of ether oxygens (including phenoxy) is 1. The average Bonchev–Trinajstić information content (AvgIpc) is 3.18. The summed E-state index contributed by atoms with van der Waals surface area (Å²) in [6.07, 6.45) is 0. The van der Waals surface area contributed by atoms with Crippen LogP contribution in [0.1, 0.15) is 12.5 Å². The van der Waals surface area contributed by atoms with Crippen molar-refractivity contribution in [2.24, 2.45) is 7.05 Å². The van der Waals surface area contributed by atoms with Gasteiger partial charge in [-0.15, -0.1) is 0 Å². The molecule has 0 unspecified atom stereocenters. The van der Waals surface area contributed by atoms with Crippen molar-refractivity contribution in [1.29, 1.82) is 5.26 Å². The van der Waals surface area contributed by atoms with Crippen LogP contribution >= 0.6 is 0 Å². The largest absolute Gasteiger partial charge is 0.494 e. The number of nitriles is 1. The van der Waals surface area contributed by atoms with Gasteiger partial charge >= 0.3 is 6.03 Å². The molecule has 140 valence electrons. The molecule has 2 aromatic carbocycles. The van der Waals surface area contributed by atoms with Gasteiger partial charge in [0.05, 0.1) is 35.6 Å². The Hall–Kier alpha value is -3.79. The van der Waals surface area contributed by atoms with Gasteiger partial charge in [0.2, 0.25) is 0 Å². The summed E-state index contributed by atoms with van der Waals surface area (Å²) in [6, 6.07) is 14.6. The van der Waals surface area contributed by atoms with Gasteiger partial charge in [-0.05, 0) is 36.8 Å². The maximum atomic E-state index is 11.9. The molecule has 3 aromatic rings. The van der Waals surface area contributed by atoms with E-state index in [-0.39, 0.29) is 12.5 Å². The zero-order valence-corrected chi connectivity index (χ0v) is 15.5. The Kier molecular flexibility index (Phi) is 4.24. The third-order valence-corrected chi connectivity index (χ3v) is 4.84. The second kappa shape index (κ2) is 6.74. The maximum Gasteiger partial charge on any atom is 0.329 e. The van der Waals surface area contributed by atoms with Crippen molar-refractivity contribution in [3.63, 3.8) is 0 Å². The lowest BCUT2D eigenvalue weighted by Crippen LogP contribution is -2.30. The van der Waals surface area contributed by atoms with Crippen molar-refractivity contribution in [2.45, 2.75) is 6.92 Å². The van der Waals surface area contributed by atoms with E-state index in [0.717, 1.165) is 32.8 Å². The SMILES string of the molecule is CCOc1ccc2c(C#N)c(-c3ccc(N4C(=O)CNC4=O)cc3)n(C)c2c1.